The number of carbonyl (C=O) groups is 3. The summed E-state index contributed by atoms with van der Waals surface area (Å²) in [6, 6.07) is 24.6. The lowest BCUT2D eigenvalue weighted by Crippen LogP contribution is -2.43. The molecule has 6 nitrogen and oxygen atoms in total. The lowest BCUT2D eigenvalue weighted by Gasteiger charge is -2.28. The molecular formula is C26H25N3O3. The first-order valence-corrected chi connectivity index (χ1v) is 10.6. The second kappa shape index (κ2) is 9.47. The second-order valence-electron chi connectivity index (χ2n) is 7.87. The molecule has 1 saturated heterocycles. The van der Waals surface area contributed by atoms with Crippen molar-refractivity contribution in [1.82, 2.24) is 4.90 Å². The number of carbonyl (C=O) groups excluding carboxylic acids is 3. The largest absolute Gasteiger partial charge is 0.366 e. The zero-order valence-corrected chi connectivity index (χ0v) is 17.7. The molecule has 0 bridgehead atoms. The van der Waals surface area contributed by atoms with Gasteiger partial charge in [0, 0.05) is 24.2 Å². The van der Waals surface area contributed by atoms with Gasteiger partial charge in [-0.15, -0.1) is 0 Å². The summed E-state index contributed by atoms with van der Waals surface area (Å²) in [5.41, 5.74) is 9.43. The fraction of sp³-hybridized carbons (Fsp3) is 0.192. The third-order valence-electron chi connectivity index (χ3n) is 5.66. The van der Waals surface area contributed by atoms with E-state index in [2.05, 4.69) is 0 Å². The van der Waals surface area contributed by atoms with E-state index in [1.54, 1.807) is 34.1 Å². The molecular weight excluding hydrogens is 402 g/mol. The van der Waals surface area contributed by atoms with Gasteiger partial charge in [-0.25, -0.2) is 0 Å². The molecule has 3 aromatic carbocycles. The normalized spacial score (nSPS) is 13.2. The number of nitrogens with zero attached hydrogens (tertiary/aromatic N) is 2. The van der Waals surface area contributed by atoms with Crippen molar-refractivity contribution in [3.05, 3.63) is 90.0 Å². The Morgan fingerprint density at radius 2 is 1.53 bits per heavy atom. The number of hydrogen-bond donors (Lipinski definition) is 1. The van der Waals surface area contributed by atoms with Crippen molar-refractivity contribution in [2.75, 3.05) is 18.1 Å². The van der Waals surface area contributed by atoms with Crippen LogP contribution in [-0.2, 0) is 16.0 Å². The maximum atomic E-state index is 13.3. The maximum absolute atomic E-state index is 13.3. The summed E-state index contributed by atoms with van der Waals surface area (Å²) < 4.78 is 0. The van der Waals surface area contributed by atoms with Gasteiger partial charge in [0.2, 0.25) is 17.7 Å². The van der Waals surface area contributed by atoms with Gasteiger partial charge in [-0.05, 0) is 47.4 Å². The quantitative estimate of drug-likeness (QED) is 0.625. The van der Waals surface area contributed by atoms with Crippen molar-refractivity contribution < 1.29 is 14.4 Å². The predicted octanol–water partition coefficient (Wildman–Crippen LogP) is 3.61. The zero-order chi connectivity index (χ0) is 22.5. The second-order valence-corrected chi connectivity index (χ2v) is 7.87. The lowest BCUT2D eigenvalue weighted by molar-refractivity contribution is -0.128. The van der Waals surface area contributed by atoms with E-state index in [0.717, 1.165) is 23.1 Å². The topological polar surface area (TPSA) is 83.7 Å². The van der Waals surface area contributed by atoms with Gasteiger partial charge >= 0.3 is 0 Å². The third kappa shape index (κ3) is 4.86. The summed E-state index contributed by atoms with van der Waals surface area (Å²) >= 11 is 0. The number of rotatable bonds is 7. The first-order valence-electron chi connectivity index (χ1n) is 10.6. The summed E-state index contributed by atoms with van der Waals surface area (Å²) in [6.07, 6.45) is 1.50. The molecule has 4 rings (SSSR count). The maximum Gasteiger partial charge on any atom is 0.248 e. The highest BCUT2D eigenvalue weighted by Crippen LogP contribution is 2.22. The molecule has 1 aliphatic heterocycles. The first kappa shape index (κ1) is 21.3. The van der Waals surface area contributed by atoms with Crippen molar-refractivity contribution in [2.24, 2.45) is 5.73 Å². The van der Waals surface area contributed by atoms with Crippen LogP contribution in [0.25, 0.3) is 11.1 Å². The molecule has 1 fully saturated rings. The van der Waals surface area contributed by atoms with Crippen LogP contribution < -0.4 is 10.6 Å². The van der Waals surface area contributed by atoms with Crippen LogP contribution in [0.2, 0.25) is 0 Å². The minimum Gasteiger partial charge on any atom is -0.366 e. The zero-order valence-electron chi connectivity index (χ0n) is 17.7. The minimum absolute atomic E-state index is 0.0452. The fourth-order valence-electron chi connectivity index (χ4n) is 3.85. The Morgan fingerprint density at radius 3 is 2.12 bits per heavy atom. The summed E-state index contributed by atoms with van der Waals surface area (Å²) in [4.78, 5) is 40.1. The van der Waals surface area contributed by atoms with Crippen molar-refractivity contribution in [3.8, 4) is 11.1 Å². The molecule has 6 heteroatoms. The van der Waals surface area contributed by atoms with Crippen LogP contribution in [0.4, 0.5) is 5.69 Å². The van der Waals surface area contributed by atoms with Crippen LogP contribution in [0.15, 0.2) is 78.9 Å². The van der Waals surface area contributed by atoms with Crippen LogP contribution in [0.5, 0.6) is 0 Å². The third-order valence-corrected chi connectivity index (χ3v) is 5.66. The van der Waals surface area contributed by atoms with Crippen LogP contribution in [0.3, 0.4) is 0 Å². The van der Waals surface area contributed by atoms with E-state index in [1.165, 1.54) is 0 Å². The van der Waals surface area contributed by atoms with Crippen LogP contribution in [0.1, 0.15) is 28.8 Å². The van der Waals surface area contributed by atoms with Crippen LogP contribution in [-0.4, -0.2) is 35.8 Å². The van der Waals surface area contributed by atoms with Crippen molar-refractivity contribution in [1.29, 1.82) is 0 Å². The summed E-state index contributed by atoms with van der Waals surface area (Å²) in [7, 11) is 0. The first-order chi connectivity index (χ1) is 15.5. The lowest BCUT2D eigenvalue weighted by atomic mass is 10.0. The van der Waals surface area contributed by atoms with E-state index < -0.39 is 5.91 Å². The average Bonchev–Trinajstić information content (AvgIpc) is 3.23. The Bertz CT molecular complexity index is 1110. The molecule has 1 aliphatic rings. The monoisotopic (exact) mass is 427 g/mol. The van der Waals surface area contributed by atoms with E-state index in [9.17, 15) is 14.4 Å². The average molecular weight is 428 g/mol. The SMILES string of the molecule is NC(=O)c1ccc(N(CN2CCCC2=O)C(=O)Cc2ccc(-c3ccccc3)cc2)cc1. The van der Waals surface area contributed by atoms with Gasteiger partial charge in [-0.2, -0.15) is 0 Å². The molecule has 0 spiro atoms. The van der Waals surface area contributed by atoms with Gasteiger partial charge in [-0.3, -0.25) is 19.3 Å². The van der Waals surface area contributed by atoms with Gasteiger partial charge in [0.05, 0.1) is 6.42 Å². The van der Waals surface area contributed by atoms with Crippen molar-refractivity contribution in [3.63, 3.8) is 0 Å². The molecule has 1 heterocycles. The standard InChI is InChI=1S/C26H25N3O3/c27-26(32)22-12-14-23(15-13-22)29(18-28-16-4-7-24(28)30)25(31)17-19-8-10-21(11-9-19)20-5-2-1-3-6-20/h1-3,5-6,8-15H,4,7,16-18H2,(H2,27,32). The Labute approximate surface area is 187 Å². The Hall–Kier alpha value is -3.93. The molecule has 0 saturated carbocycles. The smallest absolute Gasteiger partial charge is 0.248 e. The van der Waals surface area contributed by atoms with E-state index in [0.29, 0.717) is 24.2 Å². The highest BCUT2D eigenvalue weighted by molar-refractivity contribution is 5.97. The molecule has 0 unspecified atom stereocenters. The van der Waals surface area contributed by atoms with E-state index in [-0.39, 0.29) is 24.9 Å². The number of likely N-dealkylation sites (tertiary alicyclic amines) is 1. The van der Waals surface area contributed by atoms with E-state index in [1.807, 2.05) is 54.6 Å². The predicted molar refractivity (Wildman–Crippen MR) is 124 cm³/mol. The summed E-state index contributed by atoms with van der Waals surface area (Å²) in [6.45, 7) is 0.823. The summed E-state index contributed by atoms with van der Waals surface area (Å²) in [5.74, 6) is -0.601. The number of anilines is 1. The highest BCUT2D eigenvalue weighted by atomic mass is 16.2. The Balaban J connectivity index is 1.54. The molecule has 2 N–H and O–H groups in total. The molecule has 0 atom stereocenters. The number of amides is 3. The molecule has 162 valence electrons. The van der Waals surface area contributed by atoms with Crippen molar-refractivity contribution >= 4 is 23.4 Å². The fourth-order valence-corrected chi connectivity index (χ4v) is 3.85. The molecule has 0 aromatic heterocycles. The Morgan fingerprint density at radius 1 is 0.875 bits per heavy atom. The number of hydrogen-bond acceptors (Lipinski definition) is 3. The molecule has 32 heavy (non-hydrogen) atoms. The highest BCUT2D eigenvalue weighted by Gasteiger charge is 2.26. The van der Waals surface area contributed by atoms with Crippen molar-refractivity contribution in [2.45, 2.75) is 19.3 Å². The molecule has 0 aliphatic carbocycles. The van der Waals surface area contributed by atoms with Crippen LogP contribution >= 0.6 is 0 Å². The number of benzene rings is 3. The number of nitrogens with two attached hydrogens (primary N) is 1. The van der Waals surface area contributed by atoms with Crippen LogP contribution in [0, 0.1) is 0 Å². The van der Waals surface area contributed by atoms with Gasteiger partial charge < -0.3 is 10.6 Å². The van der Waals surface area contributed by atoms with Gasteiger partial charge in [-0.1, -0.05) is 54.6 Å². The Kier molecular flexibility index (Phi) is 6.31. The van der Waals surface area contributed by atoms with E-state index in [4.69, 9.17) is 5.73 Å². The summed E-state index contributed by atoms with van der Waals surface area (Å²) in [5, 5.41) is 0. The van der Waals surface area contributed by atoms with Gasteiger partial charge in [0.15, 0.2) is 0 Å². The molecule has 3 amide bonds. The molecule has 0 radical (unpaired) electrons. The number of primary amides is 1. The van der Waals surface area contributed by atoms with E-state index >= 15 is 0 Å². The van der Waals surface area contributed by atoms with Gasteiger partial charge in [0.1, 0.15) is 6.67 Å². The minimum atomic E-state index is -0.525. The van der Waals surface area contributed by atoms with Gasteiger partial charge in [0.25, 0.3) is 0 Å². The molecule has 3 aromatic rings.